The summed E-state index contributed by atoms with van der Waals surface area (Å²) < 4.78 is 81.0. The number of hydrogen-bond acceptors (Lipinski definition) is 4. The first-order valence-corrected chi connectivity index (χ1v) is 12.4. The van der Waals surface area contributed by atoms with Crippen LogP contribution in [0, 0.1) is 0 Å². The highest BCUT2D eigenvalue weighted by molar-refractivity contribution is 6.31. The highest BCUT2D eigenvalue weighted by Gasteiger charge is 2.37. The van der Waals surface area contributed by atoms with Crippen molar-refractivity contribution in [1.82, 2.24) is 14.8 Å². The Balaban J connectivity index is 1.52. The van der Waals surface area contributed by atoms with E-state index in [1.807, 2.05) is 0 Å². The molecule has 42 heavy (non-hydrogen) atoms. The van der Waals surface area contributed by atoms with Gasteiger partial charge in [-0.3, -0.25) is 9.78 Å². The molecule has 2 heterocycles. The summed E-state index contributed by atoms with van der Waals surface area (Å²) in [5.41, 5.74) is -1.21. The predicted molar refractivity (Wildman–Crippen MR) is 143 cm³/mol. The van der Waals surface area contributed by atoms with Crippen molar-refractivity contribution in [1.29, 1.82) is 0 Å². The minimum atomic E-state index is -5.10. The minimum Gasteiger partial charge on any atom is -0.508 e. The molecule has 0 aliphatic heterocycles. The van der Waals surface area contributed by atoms with Crippen molar-refractivity contribution in [3.63, 3.8) is 0 Å². The molecule has 6 nitrogen and oxygen atoms in total. The molecule has 0 bridgehead atoms. The van der Waals surface area contributed by atoms with Gasteiger partial charge in [0.05, 0.1) is 16.8 Å². The first kappa shape index (κ1) is 28.7. The largest absolute Gasteiger partial charge is 0.508 e. The van der Waals surface area contributed by atoms with E-state index >= 15 is 0 Å². The monoisotopic (exact) mass is 602 g/mol. The van der Waals surface area contributed by atoms with Gasteiger partial charge in [0, 0.05) is 46.0 Å². The number of aromatic nitrogens is 3. The quantitative estimate of drug-likeness (QED) is 0.199. The van der Waals surface area contributed by atoms with Crippen LogP contribution in [0.2, 0.25) is 5.02 Å². The number of carbonyl (C=O) groups is 1. The number of aromatic hydroxyl groups is 1. The maximum absolute atomic E-state index is 13.3. The van der Waals surface area contributed by atoms with E-state index in [1.165, 1.54) is 35.0 Å². The van der Waals surface area contributed by atoms with E-state index in [0.29, 0.717) is 34.6 Å². The van der Waals surface area contributed by atoms with Crippen LogP contribution in [0.1, 0.15) is 21.5 Å². The third-order valence-electron chi connectivity index (χ3n) is 6.08. The molecule has 2 N–H and O–H groups in total. The van der Waals surface area contributed by atoms with Gasteiger partial charge >= 0.3 is 12.4 Å². The van der Waals surface area contributed by atoms with Crippen LogP contribution in [0.4, 0.5) is 32.0 Å². The molecule has 0 atom stereocenters. The Bertz CT molecular complexity index is 1730. The number of anilines is 1. The first-order chi connectivity index (χ1) is 19.8. The number of alkyl halides is 6. The van der Waals surface area contributed by atoms with Gasteiger partial charge in [0.25, 0.3) is 5.91 Å². The van der Waals surface area contributed by atoms with Crippen molar-refractivity contribution in [3.8, 4) is 33.8 Å². The number of pyridine rings is 1. The fraction of sp³-hybridized carbons (Fsp3) is 0.0690. The topological polar surface area (TPSA) is 80.0 Å². The van der Waals surface area contributed by atoms with E-state index in [-0.39, 0.29) is 22.5 Å². The first-order valence-electron chi connectivity index (χ1n) is 12.0. The zero-order valence-electron chi connectivity index (χ0n) is 21.0. The minimum absolute atomic E-state index is 0.0489. The predicted octanol–water partition coefficient (Wildman–Crippen LogP) is 8.25. The number of halogens is 7. The Hall–Kier alpha value is -4.84. The van der Waals surface area contributed by atoms with Crippen molar-refractivity contribution in [2.75, 3.05) is 5.32 Å². The molecule has 0 unspecified atom stereocenters. The smallest absolute Gasteiger partial charge is 0.416 e. The van der Waals surface area contributed by atoms with Crippen molar-refractivity contribution in [2.45, 2.75) is 12.4 Å². The summed E-state index contributed by atoms with van der Waals surface area (Å²) >= 11 is 6.14. The third-order valence-corrected chi connectivity index (χ3v) is 6.30. The highest BCUT2D eigenvalue weighted by Crippen LogP contribution is 2.37. The van der Waals surface area contributed by atoms with E-state index in [4.69, 9.17) is 11.6 Å². The lowest BCUT2D eigenvalue weighted by molar-refractivity contribution is -0.143. The second-order valence-electron chi connectivity index (χ2n) is 9.07. The van der Waals surface area contributed by atoms with Crippen molar-refractivity contribution in [3.05, 3.63) is 113 Å². The second-order valence-corrected chi connectivity index (χ2v) is 9.51. The molecule has 214 valence electrons. The fourth-order valence-corrected chi connectivity index (χ4v) is 4.42. The van der Waals surface area contributed by atoms with Crippen LogP contribution < -0.4 is 5.32 Å². The summed E-state index contributed by atoms with van der Waals surface area (Å²) in [6, 6.07) is 14.6. The van der Waals surface area contributed by atoms with Gasteiger partial charge in [-0.1, -0.05) is 17.7 Å². The van der Waals surface area contributed by atoms with Crippen LogP contribution in [-0.4, -0.2) is 25.8 Å². The molecule has 5 rings (SSSR count). The molecule has 0 aliphatic rings. The number of nitrogens with one attached hydrogen (secondary N) is 1. The van der Waals surface area contributed by atoms with E-state index in [2.05, 4.69) is 15.4 Å². The molecule has 5 aromatic rings. The van der Waals surface area contributed by atoms with Gasteiger partial charge in [0.1, 0.15) is 11.4 Å². The molecule has 13 heteroatoms. The molecule has 0 radical (unpaired) electrons. The number of amides is 1. The van der Waals surface area contributed by atoms with Crippen LogP contribution in [0.3, 0.4) is 0 Å². The third kappa shape index (κ3) is 6.23. The van der Waals surface area contributed by atoms with E-state index in [0.717, 1.165) is 5.56 Å². The molecule has 2 aromatic heterocycles. The normalized spacial score (nSPS) is 11.9. The molecule has 0 fully saturated rings. The number of carbonyl (C=O) groups excluding carboxylic acids is 1. The van der Waals surface area contributed by atoms with Gasteiger partial charge < -0.3 is 10.4 Å². The van der Waals surface area contributed by atoms with E-state index < -0.39 is 35.0 Å². The van der Waals surface area contributed by atoms with Gasteiger partial charge in [0.15, 0.2) is 0 Å². The number of benzene rings is 3. The number of rotatable bonds is 5. The number of nitrogens with zero attached hydrogens (tertiary/aromatic N) is 3. The zero-order chi connectivity index (χ0) is 30.2. The zero-order valence-corrected chi connectivity index (χ0v) is 21.8. The maximum atomic E-state index is 13.3. The Morgan fingerprint density at radius 1 is 0.833 bits per heavy atom. The Morgan fingerprint density at radius 2 is 1.50 bits per heavy atom. The Kier molecular flexibility index (Phi) is 7.42. The standard InChI is InChI=1S/C29H17ClF6N4O2/c30-21-10-17(11-24(41)13-21)26-25(16-4-6-37-7-5-16)15-40(39-26)23-3-1-2-22(14-23)38-27(42)18-8-19(28(31,32)33)12-20(9-18)29(34,35)36/h1-15,41H,(H,38,42). The maximum Gasteiger partial charge on any atom is 0.416 e. The molecular formula is C29H17ClF6N4O2. The lowest BCUT2D eigenvalue weighted by Crippen LogP contribution is -2.17. The van der Waals surface area contributed by atoms with Gasteiger partial charge in [0.2, 0.25) is 0 Å². The number of phenolic OH excluding ortho intramolecular Hbond substituents is 1. The molecule has 3 aromatic carbocycles. The lowest BCUT2D eigenvalue weighted by atomic mass is 10.0. The molecular weight excluding hydrogens is 586 g/mol. The van der Waals surface area contributed by atoms with Crippen molar-refractivity contribution in [2.24, 2.45) is 0 Å². The van der Waals surface area contributed by atoms with Crippen molar-refractivity contribution >= 4 is 23.2 Å². The van der Waals surface area contributed by atoms with Crippen LogP contribution >= 0.6 is 11.6 Å². The van der Waals surface area contributed by atoms with Gasteiger partial charge in [-0.25, -0.2) is 4.68 Å². The average molecular weight is 603 g/mol. The van der Waals surface area contributed by atoms with Gasteiger partial charge in [-0.15, -0.1) is 0 Å². The molecule has 1 amide bonds. The Labute approximate surface area is 238 Å². The lowest BCUT2D eigenvalue weighted by Gasteiger charge is -2.14. The summed E-state index contributed by atoms with van der Waals surface area (Å²) in [5.74, 6) is -1.25. The molecule has 0 saturated carbocycles. The summed E-state index contributed by atoms with van der Waals surface area (Å²) in [6.07, 6.45) is -5.35. The van der Waals surface area contributed by atoms with Crippen LogP contribution in [0.15, 0.2) is 91.4 Å². The van der Waals surface area contributed by atoms with Gasteiger partial charge in [-0.2, -0.15) is 31.4 Å². The molecule has 0 saturated heterocycles. The van der Waals surface area contributed by atoms with Crippen molar-refractivity contribution < 1.29 is 36.2 Å². The number of phenols is 1. The van der Waals surface area contributed by atoms with E-state index in [1.54, 1.807) is 42.9 Å². The SMILES string of the molecule is O=C(Nc1cccc(-n2cc(-c3ccncc3)c(-c3cc(O)cc(Cl)c3)n2)c1)c1cc(C(F)(F)F)cc(C(F)(F)F)c1. The Morgan fingerprint density at radius 3 is 2.12 bits per heavy atom. The second kappa shape index (κ2) is 10.9. The summed E-state index contributed by atoms with van der Waals surface area (Å²) in [4.78, 5) is 16.8. The molecule has 0 spiro atoms. The number of hydrogen-bond donors (Lipinski definition) is 2. The average Bonchev–Trinajstić information content (AvgIpc) is 3.38. The van der Waals surface area contributed by atoms with Crippen LogP contribution in [0.25, 0.3) is 28.1 Å². The summed E-state index contributed by atoms with van der Waals surface area (Å²) in [6.45, 7) is 0. The van der Waals surface area contributed by atoms with E-state index in [9.17, 15) is 36.2 Å². The van der Waals surface area contributed by atoms with Gasteiger partial charge in [-0.05, 0) is 72.3 Å². The van der Waals surface area contributed by atoms with Crippen LogP contribution in [-0.2, 0) is 12.4 Å². The fourth-order valence-electron chi connectivity index (χ4n) is 4.19. The molecule has 0 aliphatic carbocycles. The highest BCUT2D eigenvalue weighted by atomic mass is 35.5. The summed E-state index contributed by atoms with van der Waals surface area (Å²) in [7, 11) is 0. The summed E-state index contributed by atoms with van der Waals surface area (Å²) in [5, 5.41) is 17.3. The van der Waals surface area contributed by atoms with Crippen LogP contribution in [0.5, 0.6) is 5.75 Å².